The molecule has 0 aromatic rings. The molecule has 0 aromatic heterocycles. The fourth-order valence-electron chi connectivity index (χ4n) is 0.149. The minimum absolute atomic E-state index is 0.299. The number of hydrogen-bond acceptors (Lipinski definition) is 2. The molecule has 3 nitrogen and oxygen atoms in total. The second-order valence-electron chi connectivity index (χ2n) is 1.07. The van der Waals surface area contributed by atoms with Crippen LogP contribution in [0, 0.1) is 0 Å². The Morgan fingerprint density at radius 3 is 2.43 bits per heavy atom. The van der Waals surface area contributed by atoms with Crippen molar-refractivity contribution in [2.24, 2.45) is 0 Å². The summed E-state index contributed by atoms with van der Waals surface area (Å²) in [5, 5.41) is 0. The van der Waals surface area contributed by atoms with Crippen LogP contribution in [0.5, 0.6) is 0 Å². The van der Waals surface area contributed by atoms with E-state index in [4.69, 9.17) is 3.69 Å². The van der Waals surface area contributed by atoms with E-state index in [0.29, 0.717) is 5.76 Å². The molecule has 0 fully saturated rings. The van der Waals surface area contributed by atoms with Crippen LogP contribution in [0.2, 0.25) is 0 Å². The van der Waals surface area contributed by atoms with Crippen LogP contribution in [0.25, 0.3) is 0 Å². The van der Waals surface area contributed by atoms with Crippen molar-refractivity contribution in [2.75, 3.05) is 0 Å². The van der Waals surface area contributed by atoms with E-state index in [0.717, 1.165) is 0 Å². The third kappa shape index (κ3) is 6.01. The van der Waals surface area contributed by atoms with Crippen LogP contribution < -0.4 is 0 Å². The van der Waals surface area contributed by atoms with E-state index in [1.165, 1.54) is 6.92 Å². The molecule has 7 heavy (non-hydrogen) atoms. The monoisotopic (exact) mass is 138 g/mol. The molecule has 0 rings (SSSR count). The van der Waals surface area contributed by atoms with Crippen molar-refractivity contribution in [3.63, 3.8) is 0 Å². The molecule has 0 aliphatic rings. The first-order valence-corrected chi connectivity index (χ1v) is 3.66. The zero-order chi connectivity index (χ0) is 5.86. The first-order chi connectivity index (χ1) is 3.13. The molecule has 4 heteroatoms. The molecule has 0 spiro atoms. The fraction of sp³-hybridized carbons (Fsp3) is 0.333. The standard InChI is InChI=1S/C3H6O.H2O.O.Ti/c1-3(2)4;;;/h4H,1H2,2H3;1H2;;/q;;;+2/p-2. The Hall–Kier alpha value is 0.0143. The predicted molar refractivity (Wildman–Crippen MR) is 18.8 cm³/mol. The average molecular weight is 138 g/mol. The van der Waals surface area contributed by atoms with Crippen molar-refractivity contribution >= 4 is 0 Å². The molecule has 0 saturated carbocycles. The summed E-state index contributed by atoms with van der Waals surface area (Å²) in [6, 6.07) is 0. The summed E-state index contributed by atoms with van der Waals surface area (Å²) in [7, 11) is 0. The summed E-state index contributed by atoms with van der Waals surface area (Å²) in [5.74, 6) is 0.299. The fourth-order valence-corrected chi connectivity index (χ4v) is 0.615. The third-order valence-electron chi connectivity index (χ3n) is 0.262. The molecule has 0 amide bonds. The molecule has 0 heterocycles. The van der Waals surface area contributed by atoms with Gasteiger partial charge in [0.05, 0.1) is 0 Å². The Kier molecular flexibility index (Phi) is 3.08. The second kappa shape index (κ2) is 3.07. The Morgan fingerprint density at radius 1 is 2.00 bits per heavy atom. The summed E-state index contributed by atoms with van der Waals surface area (Å²) in [5.41, 5.74) is 0. The average Bonchev–Trinajstić information content (AvgIpc) is 1.27. The Bertz CT molecular complexity index is 86.4. The van der Waals surface area contributed by atoms with Gasteiger partial charge in [0.25, 0.3) is 0 Å². The molecule has 0 bridgehead atoms. The van der Waals surface area contributed by atoms with Crippen molar-refractivity contribution in [3.05, 3.63) is 12.3 Å². The van der Waals surface area contributed by atoms with Gasteiger partial charge >= 0.3 is 48.2 Å². The third-order valence-corrected chi connectivity index (χ3v) is 1.08. The summed E-state index contributed by atoms with van der Waals surface area (Å²) in [6.07, 6.45) is 0. The SMILES string of the molecule is C=C(C)[O][Ti](=[O])[OH]. The molecule has 0 aliphatic heterocycles. The van der Waals surface area contributed by atoms with Gasteiger partial charge in [-0.15, -0.1) is 0 Å². The van der Waals surface area contributed by atoms with Crippen LogP contribution in [-0.2, 0) is 25.3 Å². The second-order valence-corrected chi connectivity index (χ2v) is 2.22. The van der Waals surface area contributed by atoms with Gasteiger partial charge in [0, 0.05) is 0 Å². The van der Waals surface area contributed by atoms with Crippen LogP contribution >= 0.6 is 0 Å². The summed E-state index contributed by atoms with van der Waals surface area (Å²) in [6.45, 7) is 4.78. The van der Waals surface area contributed by atoms with Crippen molar-refractivity contribution in [3.8, 4) is 0 Å². The zero-order valence-corrected chi connectivity index (χ0v) is 5.53. The van der Waals surface area contributed by atoms with E-state index >= 15 is 0 Å². The first-order valence-electron chi connectivity index (χ1n) is 1.69. The Labute approximate surface area is 48.7 Å². The molecule has 0 radical (unpaired) electrons. The van der Waals surface area contributed by atoms with Crippen molar-refractivity contribution in [1.29, 1.82) is 0 Å². The molecule has 0 atom stereocenters. The number of hydrogen-bond donors (Lipinski definition) is 1. The molecular formula is C3H6O3Ti. The van der Waals surface area contributed by atoms with Gasteiger partial charge in [0.15, 0.2) is 0 Å². The van der Waals surface area contributed by atoms with E-state index in [2.05, 4.69) is 9.90 Å². The molecule has 0 unspecified atom stereocenters. The molecule has 40 valence electrons. The normalized spacial score (nSPS) is 7.71. The van der Waals surface area contributed by atoms with E-state index in [1.807, 2.05) is 0 Å². The van der Waals surface area contributed by atoms with Crippen molar-refractivity contribution in [1.82, 2.24) is 0 Å². The first kappa shape index (κ1) is 7.01. The van der Waals surface area contributed by atoms with Gasteiger partial charge in [-0.1, -0.05) is 0 Å². The molecule has 1 N–H and O–H groups in total. The molecular weight excluding hydrogens is 132 g/mol. The molecule has 0 aliphatic carbocycles. The Balaban J connectivity index is 3.32. The number of rotatable bonds is 2. The van der Waals surface area contributed by atoms with Gasteiger partial charge in [-0.2, -0.15) is 0 Å². The molecule has 0 saturated heterocycles. The quantitative estimate of drug-likeness (QED) is 0.441. The molecule has 0 aromatic carbocycles. The van der Waals surface area contributed by atoms with Gasteiger partial charge in [-0.3, -0.25) is 0 Å². The van der Waals surface area contributed by atoms with Crippen molar-refractivity contribution < 1.29 is 28.9 Å². The predicted octanol–water partition coefficient (Wildman–Crippen LogP) is 0.323. The maximum atomic E-state index is 9.78. The van der Waals surface area contributed by atoms with E-state index in [-0.39, 0.29) is 0 Å². The topological polar surface area (TPSA) is 46.5 Å². The van der Waals surface area contributed by atoms with Crippen LogP contribution in [0.3, 0.4) is 0 Å². The summed E-state index contributed by atoms with van der Waals surface area (Å²) < 4.78 is 22.0. The van der Waals surface area contributed by atoms with E-state index in [9.17, 15) is 3.32 Å². The van der Waals surface area contributed by atoms with Crippen molar-refractivity contribution in [2.45, 2.75) is 6.92 Å². The van der Waals surface area contributed by atoms with Crippen LogP contribution in [0.4, 0.5) is 0 Å². The minimum atomic E-state index is -3.30. The number of allylic oxidation sites excluding steroid dienone is 1. The van der Waals surface area contributed by atoms with Gasteiger partial charge in [-0.05, 0) is 0 Å². The summed E-state index contributed by atoms with van der Waals surface area (Å²) >= 11 is -3.30. The maximum absolute atomic E-state index is 9.78. The van der Waals surface area contributed by atoms with Gasteiger partial charge in [0.1, 0.15) is 0 Å². The van der Waals surface area contributed by atoms with Crippen LogP contribution in [0.15, 0.2) is 12.3 Å². The Morgan fingerprint density at radius 2 is 2.43 bits per heavy atom. The summed E-state index contributed by atoms with van der Waals surface area (Å²) in [4.78, 5) is 0. The van der Waals surface area contributed by atoms with Gasteiger partial charge in [-0.25, -0.2) is 0 Å². The van der Waals surface area contributed by atoms with E-state index < -0.39 is 18.6 Å². The van der Waals surface area contributed by atoms with Gasteiger partial charge in [0.2, 0.25) is 0 Å². The van der Waals surface area contributed by atoms with Crippen LogP contribution in [0.1, 0.15) is 6.92 Å². The zero-order valence-electron chi connectivity index (χ0n) is 3.97. The van der Waals surface area contributed by atoms with Crippen LogP contribution in [-0.4, -0.2) is 3.69 Å². The van der Waals surface area contributed by atoms with Gasteiger partial charge < -0.3 is 0 Å². The van der Waals surface area contributed by atoms with E-state index in [1.54, 1.807) is 0 Å².